The maximum atomic E-state index is 12.4. The predicted molar refractivity (Wildman–Crippen MR) is 96.3 cm³/mol. The molecule has 4 nitrogen and oxygen atoms in total. The van der Waals surface area contributed by atoms with Gasteiger partial charge in [-0.2, -0.15) is 0 Å². The molecule has 5 heteroatoms. The van der Waals surface area contributed by atoms with Gasteiger partial charge in [-0.25, -0.2) is 4.79 Å². The minimum atomic E-state index is -0.388. The van der Waals surface area contributed by atoms with Crippen LogP contribution in [-0.2, 0) is 4.79 Å². The Morgan fingerprint density at radius 3 is 2.54 bits per heavy atom. The summed E-state index contributed by atoms with van der Waals surface area (Å²) >= 11 is 3.38. The van der Waals surface area contributed by atoms with E-state index in [-0.39, 0.29) is 11.6 Å². The van der Waals surface area contributed by atoms with Crippen LogP contribution in [0.5, 0.6) is 5.75 Å². The van der Waals surface area contributed by atoms with E-state index in [2.05, 4.69) is 15.9 Å². The van der Waals surface area contributed by atoms with Crippen LogP contribution in [0.3, 0.4) is 0 Å². The Morgan fingerprint density at radius 1 is 1.17 bits per heavy atom. The summed E-state index contributed by atoms with van der Waals surface area (Å²) in [6.45, 7) is 3.60. The van der Waals surface area contributed by atoms with Crippen LogP contribution in [-0.4, -0.2) is 5.97 Å². The molecule has 3 rings (SSSR count). The average molecular weight is 387 g/mol. The number of esters is 1. The van der Waals surface area contributed by atoms with Crippen molar-refractivity contribution in [2.24, 2.45) is 0 Å². The zero-order chi connectivity index (χ0) is 17.3. The number of rotatable bonds is 3. The van der Waals surface area contributed by atoms with Crippen molar-refractivity contribution in [3.63, 3.8) is 0 Å². The van der Waals surface area contributed by atoms with Gasteiger partial charge in [-0.15, -0.1) is 0 Å². The second kappa shape index (κ2) is 6.61. The van der Waals surface area contributed by atoms with Crippen molar-refractivity contribution < 1.29 is 13.9 Å². The molecule has 0 aliphatic heterocycles. The fourth-order valence-corrected chi connectivity index (χ4v) is 2.81. The molecule has 0 fully saturated rings. The van der Waals surface area contributed by atoms with Gasteiger partial charge in [0.1, 0.15) is 11.3 Å². The third kappa shape index (κ3) is 3.12. The second-order valence-corrected chi connectivity index (χ2v) is 6.30. The highest BCUT2D eigenvalue weighted by Crippen LogP contribution is 2.30. The zero-order valence-corrected chi connectivity index (χ0v) is 14.8. The molecule has 0 saturated carbocycles. The fraction of sp³-hybridized carbons (Fsp3) is 0.158. The van der Waals surface area contributed by atoms with Gasteiger partial charge in [0.25, 0.3) is 0 Å². The zero-order valence-electron chi connectivity index (χ0n) is 13.3. The molecule has 1 heterocycles. The number of ether oxygens (including phenoxy) is 1. The Bertz CT molecular complexity index is 971. The van der Waals surface area contributed by atoms with Gasteiger partial charge < -0.3 is 9.15 Å². The molecular weight excluding hydrogens is 372 g/mol. The monoisotopic (exact) mass is 386 g/mol. The molecule has 3 aromatic rings. The highest BCUT2D eigenvalue weighted by molar-refractivity contribution is 9.10. The smallest absolute Gasteiger partial charge is 0.344 e. The van der Waals surface area contributed by atoms with E-state index in [0.29, 0.717) is 23.3 Å². The minimum absolute atomic E-state index is 0.297. The van der Waals surface area contributed by atoms with E-state index in [0.717, 1.165) is 21.0 Å². The van der Waals surface area contributed by atoms with E-state index < -0.39 is 0 Å². The number of benzene rings is 2. The van der Waals surface area contributed by atoms with E-state index in [1.807, 2.05) is 31.2 Å². The van der Waals surface area contributed by atoms with Gasteiger partial charge in [0.05, 0.1) is 5.56 Å². The van der Waals surface area contributed by atoms with Crippen molar-refractivity contribution in [2.45, 2.75) is 20.3 Å². The molecule has 0 unspecified atom stereocenters. The van der Waals surface area contributed by atoms with Gasteiger partial charge in [-0.3, -0.25) is 4.79 Å². The summed E-state index contributed by atoms with van der Waals surface area (Å²) < 4.78 is 11.6. The number of hydrogen-bond acceptors (Lipinski definition) is 4. The van der Waals surface area contributed by atoms with Crippen molar-refractivity contribution in [2.75, 3.05) is 0 Å². The van der Waals surface area contributed by atoms with Gasteiger partial charge in [-0.05, 0) is 48.4 Å². The number of carbonyl (C=O) groups excluding carboxylic acids is 1. The third-order valence-electron chi connectivity index (χ3n) is 3.79. The van der Waals surface area contributed by atoms with Crippen LogP contribution in [0.15, 0.2) is 56.1 Å². The van der Waals surface area contributed by atoms with Crippen LogP contribution in [0.1, 0.15) is 18.9 Å². The first kappa shape index (κ1) is 16.5. The Balaban J connectivity index is 2.18. The van der Waals surface area contributed by atoms with Crippen LogP contribution in [0.2, 0.25) is 0 Å². The first-order chi connectivity index (χ1) is 11.5. The Kier molecular flexibility index (Phi) is 4.53. The molecule has 0 atom stereocenters. The Morgan fingerprint density at radius 2 is 1.88 bits per heavy atom. The van der Waals surface area contributed by atoms with Crippen molar-refractivity contribution in [1.29, 1.82) is 0 Å². The fourth-order valence-electron chi connectivity index (χ4n) is 2.55. The molecule has 2 aromatic carbocycles. The van der Waals surface area contributed by atoms with Crippen LogP contribution in [0.25, 0.3) is 22.1 Å². The summed E-state index contributed by atoms with van der Waals surface area (Å²) in [5.41, 5.74) is 2.16. The molecule has 122 valence electrons. The SMILES string of the molecule is CCC(=O)Oc1ccc2oc(=O)c(-c3ccc(Br)cc3)c(C)c2c1. The van der Waals surface area contributed by atoms with Crippen molar-refractivity contribution in [3.8, 4) is 16.9 Å². The normalized spacial score (nSPS) is 10.8. The maximum absolute atomic E-state index is 12.4. The lowest BCUT2D eigenvalue weighted by Crippen LogP contribution is -2.07. The van der Waals surface area contributed by atoms with Gasteiger partial charge >= 0.3 is 11.6 Å². The molecule has 0 bridgehead atoms. The predicted octanol–water partition coefficient (Wildman–Crippen LogP) is 4.85. The highest BCUT2D eigenvalue weighted by Gasteiger charge is 2.14. The standard InChI is InChI=1S/C19H15BrO4/c1-3-17(21)23-14-8-9-16-15(10-14)11(2)18(19(22)24-16)12-4-6-13(20)7-5-12/h4-10H,3H2,1-2H3. The van der Waals surface area contributed by atoms with E-state index in [1.165, 1.54) is 0 Å². The number of aryl methyl sites for hydroxylation is 1. The number of fused-ring (bicyclic) bond motifs is 1. The molecule has 24 heavy (non-hydrogen) atoms. The van der Waals surface area contributed by atoms with Crippen molar-refractivity contribution >= 4 is 32.9 Å². The van der Waals surface area contributed by atoms with E-state index >= 15 is 0 Å². The van der Waals surface area contributed by atoms with Gasteiger partial charge in [0.15, 0.2) is 0 Å². The van der Waals surface area contributed by atoms with E-state index in [1.54, 1.807) is 25.1 Å². The number of halogens is 1. The summed E-state index contributed by atoms with van der Waals surface area (Å²) in [5.74, 6) is 0.130. The van der Waals surface area contributed by atoms with Crippen LogP contribution < -0.4 is 10.4 Å². The summed E-state index contributed by atoms with van der Waals surface area (Å²) in [6.07, 6.45) is 0.297. The minimum Gasteiger partial charge on any atom is -0.427 e. The summed E-state index contributed by atoms with van der Waals surface area (Å²) in [5, 5.41) is 0.744. The maximum Gasteiger partial charge on any atom is 0.344 e. The molecular formula is C19H15BrO4. The molecule has 0 spiro atoms. The molecule has 0 aliphatic rings. The summed E-state index contributed by atoms with van der Waals surface area (Å²) in [6, 6.07) is 12.5. The molecule has 0 aliphatic carbocycles. The van der Waals surface area contributed by atoms with Gasteiger partial charge in [0.2, 0.25) is 0 Å². The lowest BCUT2D eigenvalue weighted by atomic mass is 9.99. The highest BCUT2D eigenvalue weighted by atomic mass is 79.9. The molecule has 1 aromatic heterocycles. The van der Waals surface area contributed by atoms with E-state index in [4.69, 9.17) is 9.15 Å². The van der Waals surface area contributed by atoms with Crippen molar-refractivity contribution in [1.82, 2.24) is 0 Å². The Labute approximate surface area is 147 Å². The van der Waals surface area contributed by atoms with Crippen LogP contribution in [0.4, 0.5) is 0 Å². The van der Waals surface area contributed by atoms with Gasteiger partial charge in [-0.1, -0.05) is 35.0 Å². The lowest BCUT2D eigenvalue weighted by Gasteiger charge is -2.10. The van der Waals surface area contributed by atoms with Crippen molar-refractivity contribution in [3.05, 3.63) is 62.9 Å². The molecule has 0 radical (unpaired) electrons. The van der Waals surface area contributed by atoms with E-state index in [9.17, 15) is 9.59 Å². The molecule has 0 amide bonds. The van der Waals surface area contributed by atoms with Crippen LogP contribution >= 0.6 is 15.9 Å². The number of hydrogen-bond donors (Lipinski definition) is 0. The summed E-state index contributed by atoms with van der Waals surface area (Å²) in [7, 11) is 0. The quantitative estimate of drug-likeness (QED) is 0.366. The third-order valence-corrected chi connectivity index (χ3v) is 4.32. The van der Waals surface area contributed by atoms with Crippen LogP contribution in [0, 0.1) is 6.92 Å². The Hall–Kier alpha value is -2.40. The van der Waals surface area contributed by atoms with Gasteiger partial charge in [0, 0.05) is 16.3 Å². The average Bonchev–Trinajstić information content (AvgIpc) is 2.57. The second-order valence-electron chi connectivity index (χ2n) is 5.38. The first-order valence-electron chi connectivity index (χ1n) is 7.53. The molecule has 0 saturated heterocycles. The lowest BCUT2D eigenvalue weighted by molar-refractivity contribution is -0.134. The summed E-state index contributed by atoms with van der Waals surface area (Å²) in [4.78, 5) is 23.9. The first-order valence-corrected chi connectivity index (χ1v) is 8.33. The largest absolute Gasteiger partial charge is 0.427 e. The topological polar surface area (TPSA) is 56.5 Å². The number of carbonyl (C=O) groups is 1. The molecule has 0 N–H and O–H groups in total.